The smallest absolute Gasteiger partial charge is 0.275 e. The molecule has 3 aromatic rings. The second-order valence-electron chi connectivity index (χ2n) is 9.79. The summed E-state index contributed by atoms with van der Waals surface area (Å²) in [5.74, 6) is 0.349. The highest BCUT2D eigenvalue weighted by Crippen LogP contribution is 2.49. The van der Waals surface area contributed by atoms with Gasteiger partial charge in [-0.1, -0.05) is 31.5 Å². The number of para-hydroxylation sites is 1. The second-order valence-corrected chi connectivity index (χ2v) is 10.8. The van der Waals surface area contributed by atoms with Crippen molar-refractivity contribution in [2.75, 3.05) is 27.3 Å². The summed E-state index contributed by atoms with van der Waals surface area (Å²) in [6, 6.07) is 12.6. The van der Waals surface area contributed by atoms with Crippen molar-refractivity contribution in [3.63, 3.8) is 0 Å². The van der Waals surface area contributed by atoms with E-state index in [0.29, 0.717) is 29.9 Å². The Balaban J connectivity index is 1.76. The molecule has 5 rings (SSSR count). The van der Waals surface area contributed by atoms with Crippen LogP contribution < -0.4 is 9.47 Å². The number of hydrogen-bond donors (Lipinski definition) is 0. The van der Waals surface area contributed by atoms with Crippen molar-refractivity contribution in [1.29, 1.82) is 0 Å². The third kappa shape index (κ3) is 4.42. The number of methoxy groups -OCH3 is 2. The third-order valence-electron chi connectivity index (χ3n) is 7.66. The predicted octanol–water partition coefficient (Wildman–Crippen LogP) is 5.35. The maximum Gasteiger partial charge on any atom is 0.275 e. The number of nitrogens with zero attached hydrogens (tertiary/aromatic N) is 3. The number of carbonyl (C=O) groups excluding carboxylic acids is 2. The summed E-state index contributed by atoms with van der Waals surface area (Å²) in [6.45, 7) is 2.55. The van der Waals surface area contributed by atoms with Crippen LogP contribution in [0.25, 0.3) is 6.08 Å². The van der Waals surface area contributed by atoms with Crippen LogP contribution in [0.1, 0.15) is 47.4 Å². The lowest BCUT2D eigenvalue weighted by atomic mass is 9.75. The van der Waals surface area contributed by atoms with Gasteiger partial charge in [0.1, 0.15) is 6.04 Å². The van der Waals surface area contributed by atoms with Crippen LogP contribution in [-0.4, -0.2) is 53.8 Å². The van der Waals surface area contributed by atoms with Gasteiger partial charge in [0.25, 0.3) is 17.5 Å². The predicted molar refractivity (Wildman–Crippen MR) is 152 cm³/mol. The molecule has 0 aliphatic carbocycles. The van der Waals surface area contributed by atoms with Crippen LogP contribution in [0.2, 0.25) is 0 Å². The first-order chi connectivity index (χ1) is 19.4. The first-order valence-electron chi connectivity index (χ1n) is 13.2. The summed E-state index contributed by atoms with van der Waals surface area (Å²) < 4.78 is 11.2. The maximum absolute atomic E-state index is 14.9. The van der Waals surface area contributed by atoms with Gasteiger partial charge >= 0.3 is 0 Å². The number of thiophene rings is 1. The lowest BCUT2D eigenvalue weighted by Crippen LogP contribution is -2.68. The van der Waals surface area contributed by atoms with E-state index in [2.05, 4.69) is 0 Å². The fourth-order valence-electron chi connectivity index (χ4n) is 5.75. The molecule has 10 heteroatoms. The topological polar surface area (TPSA) is 102 Å². The molecular formula is C30H31N3O6S. The Bertz CT molecular complexity index is 1470. The number of piperazine rings is 1. The van der Waals surface area contributed by atoms with Crippen LogP contribution in [0.15, 0.2) is 60.0 Å². The van der Waals surface area contributed by atoms with Gasteiger partial charge in [-0.2, -0.15) is 0 Å². The van der Waals surface area contributed by atoms with Crippen molar-refractivity contribution in [2.45, 2.75) is 37.8 Å². The van der Waals surface area contributed by atoms with E-state index in [0.717, 1.165) is 16.9 Å². The molecule has 2 atom stereocenters. The van der Waals surface area contributed by atoms with Crippen LogP contribution in [0.5, 0.6) is 11.5 Å². The second kappa shape index (κ2) is 11.1. The lowest BCUT2D eigenvalue weighted by Gasteiger charge is -2.53. The maximum atomic E-state index is 14.9. The fraction of sp³-hybridized carbons (Fsp3) is 0.333. The lowest BCUT2D eigenvalue weighted by molar-refractivity contribution is -0.385. The summed E-state index contributed by atoms with van der Waals surface area (Å²) in [6.07, 6.45) is 5.59. The third-order valence-corrected chi connectivity index (χ3v) is 8.50. The summed E-state index contributed by atoms with van der Waals surface area (Å²) >= 11 is 1.53. The minimum atomic E-state index is -1.46. The van der Waals surface area contributed by atoms with E-state index < -0.39 is 16.5 Å². The molecule has 2 unspecified atom stereocenters. The largest absolute Gasteiger partial charge is 0.493 e. The molecule has 0 radical (unpaired) electrons. The highest BCUT2D eigenvalue weighted by Gasteiger charge is 2.59. The quantitative estimate of drug-likeness (QED) is 0.258. The number of unbranched alkanes of at least 4 members (excludes halogenated alkanes) is 1. The molecule has 0 spiro atoms. The molecule has 1 fully saturated rings. The number of ether oxygens (including phenoxy) is 2. The molecule has 2 amide bonds. The van der Waals surface area contributed by atoms with Crippen molar-refractivity contribution >= 4 is 34.9 Å². The Morgan fingerprint density at radius 1 is 1.12 bits per heavy atom. The zero-order valence-corrected chi connectivity index (χ0v) is 23.5. The molecule has 40 heavy (non-hydrogen) atoms. The Kier molecular flexibility index (Phi) is 7.62. The van der Waals surface area contributed by atoms with Crippen LogP contribution in [0.3, 0.4) is 0 Å². The molecular weight excluding hydrogens is 530 g/mol. The zero-order chi connectivity index (χ0) is 28.4. The van der Waals surface area contributed by atoms with Crippen LogP contribution in [-0.2, 0) is 21.5 Å². The normalized spacial score (nSPS) is 20.4. The first kappa shape index (κ1) is 27.4. The zero-order valence-electron chi connectivity index (χ0n) is 22.7. The van der Waals surface area contributed by atoms with E-state index in [4.69, 9.17) is 9.47 Å². The number of hydrogen-bond acceptors (Lipinski definition) is 7. The average Bonchev–Trinajstić information content (AvgIpc) is 3.50. The average molecular weight is 562 g/mol. The van der Waals surface area contributed by atoms with Crippen molar-refractivity contribution < 1.29 is 24.0 Å². The molecule has 0 saturated carbocycles. The standard InChI is InChI=1S/C30H31N3O6S/c1-4-5-15-31-27(22-10-6-7-11-24(22)33(36)37)28(34)32-16-13-20-18-25(38-2)26(39-3)19-23(20)30(32,29(31)35)14-12-21-9-8-17-40-21/h6-12,14,17-19,27H,4-5,13,15-16H2,1-3H3/b14-12+. The summed E-state index contributed by atoms with van der Waals surface area (Å²) in [5, 5.41) is 13.9. The molecule has 1 saturated heterocycles. The molecule has 2 aliphatic rings. The monoisotopic (exact) mass is 561 g/mol. The van der Waals surface area contributed by atoms with Crippen LogP contribution in [0.4, 0.5) is 5.69 Å². The number of nitro groups is 1. The number of fused-ring (bicyclic) bond motifs is 3. The molecule has 1 aromatic heterocycles. The first-order valence-corrected chi connectivity index (χ1v) is 14.1. The number of nitro benzene ring substituents is 1. The Hall–Kier alpha value is -4.18. The molecule has 0 bridgehead atoms. The highest BCUT2D eigenvalue weighted by molar-refractivity contribution is 7.10. The van der Waals surface area contributed by atoms with Gasteiger partial charge in [0, 0.05) is 24.0 Å². The van der Waals surface area contributed by atoms with E-state index in [1.165, 1.54) is 29.4 Å². The van der Waals surface area contributed by atoms with Crippen molar-refractivity contribution in [3.8, 4) is 11.5 Å². The van der Waals surface area contributed by atoms with Gasteiger partial charge in [0.05, 0.1) is 24.7 Å². The molecule has 2 aliphatic heterocycles. The number of carbonyl (C=O) groups is 2. The fourth-order valence-corrected chi connectivity index (χ4v) is 6.37. The molecule has 9 nitrogen and oxygen atoms in total. The van der Waals surface area contributed by atoms with Gasteiger partial charge in [-0.05, 0) is 65.8 Å². The van der Waals surface area contributed by atoms with Gasteiger partial charge in [-0.15, -0.1) is 11.3 Å². The van der Waals surface area contributed by atoms with Crippen molar-refractivity contribution in [3.05, 3.63) is 91.7 Å². The Morgan fingerprint density at radius 3 is 2.55 bits per heavy atom. The molecule has 0 N–H and O–H groups in total. The highest BCUT2D eigenvalue weighted by atomic mass is 32.1. The van der Waals surface area contributed by atoms with Gasteiger partial charge in [-0.25, -0.2) is 0 Å². The minimum Gasteiger partial charge on any atom is -0.493 e. The van der Waals surface area contributed by atoms with Gasteiger partial charge < -0.3 is 19.3 Å². The van der Waals surface area contributed by atoms with Crippen LogP contribution in [0, 0.1) is 10.1 Å². The Morgan fingerprint density at radius 2 is 1.88 bits per heavy atom. The van der Waals surface area contributed by atoms with Gasteiger partial charge in [0.2, 0.25) is 0 Å². The Labute approximate surface area is 236 Å². The van der Waals surface area contributed by atoms with Gasteiger partial charge in [-0.3, -0.25) is 19.7 Å². The van der Waals surface area contributed by atoms with Crippen LogP contribution >= 0.6 is 11.3 Å². The summed E-state index contributed by atoms with van der Waals surface area (Å²) in [7, 11) is 3.09. The van der Waals surface area contributed by atoms with E-state index in [9.17, 15) is 19.7 Å². The summed E-state index contributed by atoms with van der Waals surface area (Å²) in [5.41, 5.74) is 0.106. The number of benzene rings is 2. The molecule has 2 aromatic carbocycles. The van der Waals surface area contributed by atoms with E-state index >= 15 is 0 Å². The SMILES string of the molecule is CCCCN1C(=O)C2(/C=C/c3cccs3)c3cc(OC)c(OC)cc3CCN2C(=O)C1c1ccccc1[N+](=O)[O-]. The number of amides is 2. The minimum absolute atomic E-state index is 0.180. The van der Waals surface area contributed by atoms with Crippen molar-refractivity contribution in [1.82, 2.24) is 9.80 Å². The summed E-state index contributed by atoms with van der Waals surface area (Å²) in [4.78, 5) is 45.0. The molecule has 208 valence electrons. The number of rotatable bonds is 9. The van der Waals surface area contributed by atoms with E-state index in [-0.39, 0.29) is 36.2 Å². The van der Waals surface area contributed by atoms with E-state index in [1.54, 1.807) is 42.4 Å². The van der Waals surface area contributed by atoms with E-state index in [1.807, 2.05) is 36.6 Å². The molecule has 3 heterocycles. The van der Waals surface area contributed by atoms with Crippen molar-refractivity contribution in [2.24, 2.45) is 0 Å². The van der Waals surface area contributed by atoms with Gasteiger partial charge in [0.15, 0.2) is 17.0 Å².